The number of aromatic nitrogens is 1. The number of nitrogens with one attached hydrogen (secondary N) is 1. The van der Waals surface area contributed by atoms with Crippen molar-refractivity contribution in [1.29, 1.82) is 0 Å². The van der Waals surface area contributed by atoms with Crippen molar-refractivity contribution in [2.45, 2.75) is 90.5 Å². The standard InChI is InChI=1S/C32H51N3O3S/c1-4-34(5-2)25-28(20-22-39-3)35(24-26-13-9-7-6-8-10-14-26)32(37)15-11-12-21-38-29-17-18-30-27(23-29)16-19-31(36)33-30/h16-19,23,26,28H,4-15,20-22,24-25H2,1-3H3,(H,33,36)/t28-/m1/s1. The minimum atomic E-state index is -0.0998. The average molecular weight is 558 g/mol. The number of likely N-dealkylation sites (N-methyl/N-ethyl adjacent to an activating group) is 1. The van der Waals surface area contributed by atoms with E-state index in [1.54, 1.807) is 0 Å². The molecule has 0 bridgehead atoms. The molecule has 3 rings (SSSR count). The number of amides is 1. The fourth-order valence-electron chi connectivity index (χ4n) is 5.77. The van der Waals surface area contributed by atoms with Crippen LogP contribution in [0, 0.1) is 5.92 Å². The van der Waals surface area contributed by atoms with Crippen molar-refractivity contribution in [2.75, 3.05) is 44.8 Å². The number of thioether (sulfide) groups is 1. The highest BCUT2D eigenvalue weighted by Gasteiger charge is 2.27. The van der Waals surface area contributed by atoms with Crippen molar-refractivity contribution < 1.29 is 9.53 Å². The zero-order valence-corrected chi connectivity index (χ0v) is 25.4. The van der Waals surface area contributed by atoms with Crippen molar-refractivity contribution in [3.63, 3.8) is 0 Å². The lowest BCUT2D eigenvalue weighted by molar-refractivity contribution is -0.135. The molecule has 0 spiro atoms. The van der Waals surface area contributed by atoms with Gasteiger partial charge in [-0.25, -0.2) is 0 Å². The Hall–Kier alpha value is -1.99. The van der Waals surface area contributed by atoms with Gasteiger partial charge < -0.3 is 19.5 Å². The molecule has 1 N–H and O–H groups in total. The molecule has 1 aliphatic carbocycles. The van der Waals surface area contributed by atoms with Gasteiger partial charge in [0.1, 0.15) is 5.75 Å². The second-order valence-corrected chi connectivity index (χ2v) is 12.0. The van der Waals surface area contributed by atoms with Crippen molar-refractivity contribution >= 4 is 28.6 Å². The summed E-state index contributed by atoms with van der Waals surface area (Å²) in [6.07, 6.45) is 14.7. The minimum absolute atomic E-state index is 0.0998. The van der Waals surface area contributed by atoms with E-state index in [0.717, 1.165) is 67.8 Å². The molecule has 1 aliphatic rings. The SMILES string of the molecule is CCN(CC)C[C@@H](CCSC)N(CC1CCCCCCC1)C(=O)CCCCOc1ccc2[nH]c(=O)ccc2c1. The molecular weight excluding hydrogens is 506 g/mol. The van der Waals surface area contributed by atoms with Gasteiger partial charge in [0.15, 0.2) is 0 Å². The summed E-state index contributed by atoms with van der Waals surface area (Å²) < 4.78 is 5.99. The van der Waals surface area contributed by atoms with E-state index in [4.69, 9.17) is 4.74 Å². The molecule has 39 heavy (non-hydrogen) atoms. The van der Waals surface area contributed by atoms with E-state index in [0.29, 0.717) is 24.9 Å². The number of carbonyl (C=O) groups is 1. The van der Waals surface area contributed by atoms with Gasteiger partial charge in [-0.1, -0.05) is 46.0 Å². The van der Waals surface area contributed by atoms with Crippen LogP contribution in [0.5, 0.6) is 5.75 Å². The number of benzene rings is 1. The molecule has 1 amide bonds. The Morgan fingerprint density at radius 3 is 2.51 bits per heavy atom. The van der Waals surface area contributed by atoms with E-state index in [1.807, 2.05) is 36.0 Å². The summed E-state index contributed by atoms with van der Waals surface area (Å²) in [4.78, 5) is 32.9. The lowest BCUT2D eigenvalue weighted by Gasteiger charge is -2.38. The molecule has 1 fully saturated rings. The Labute approximate surface area is 240 Å². The van der Waals surface area contributed by atoms with Crippen molar-refractivity contribution in [2.24, 2.45) is 5.92 Å². The molecule has 1 aromatic heterocycles. The number of rotatable bonds is 16. The minimum Gasteiger partial charge on any atom is -0.494 e. The first-order chi connectivity index (χ1) is 19.0. The highest BCUT2D eigenvalue weighted by atomic mass is 32.2. The smallest absolute Gasteiger partial charge is 0.248 e. The first-order valence-corrected chi connectivity index (χ1v) is 16.7. The lowest BCUT2D eigenvalue weighted by Crippen LogP contribution is -2.49. The van der Waals surface area contributed by atoms with Gasteiger partial charge in [0.05, 0.1) is 6.61 Å². The van der Waals surface area contributed by atoms with Gasteiger partial charge in [0, 0.05) is 42.5 Å². The van der Waals surface area contributed by atoms with Crippen LogP contribution in [-0.4, -0.2) is 71.5 Å². The number of unbranched alkanes of at least 4 members (excludes halogenated alkanes) is 1. The van der Waals surface area contributed by atoms with E-state index in [1.165, 1.54) is 51.0 Å². The molecule has 1 heterocycles. The topological polar surface area (TPSA) is 65.6 Å². The van der Waals surface area contributed by atoms with Crippen molar-refractivity contribution in [1.82, 2.24) is 14.8 Å². The number of nitrogens with zero attached hydrogens (tertiary/aromatic N) is 2. The third kappa shape index (κ3) is 10.8. The maximum Gasteiger partial charge on any atom is 0.248 e. The molecule has 6 nitrogen and oxygen atoms in total. The number of hydrogen-bond donors (Lipinski definition) is 1. The van der Waals surface area contributed by atoms with Crippen LogP contribution in [0.15, 0.2) is 35.1 Å². The second kappa shape index (κ2) is 17.6. The fraction of sp³-hybridized carbons (Fsp3) is 0.688. The molecule has 2 aromatic rings. The van der Waals surface area contributed by atoms with E-state index < -0.39 is 0 Å². The van der Waals surface area contributed by atoms with Gasteiger partial charge in [-0.05, 0) is 87.4 Å². The summed E-state index contributed by atoms with van der Waals surface area (Å²) in [5.74, 6) is 2.84. The van der Waals surface area contributed by atoms with E-state index in [2.05, 4.69) is 34.9 Å². The third-order valence-corrected chi connectivity index (χ3v) is 8.85. The van der Waals surface area contributed by atoms with E-state index >= 15 is 0 Å². The summed E-state index contributed by atoms with van der Waals surface area (Å²) in [5.41, 5.74) is 0.711. The number of hydrogen-bond acceptors (Lipinski definition) is 5. The third-order valence-electron chi connectivity index (χ3n) is 8.21. The molecular formula is C32H51N3O3S. The maximum atomic E-state index is 13.8. The number of aromatic amines is 1. The van der Waals surface area contributed by atoms with Crippen LogP contribution in [0.4, 0.5) is 0 Å². The van der Waals surface area contributed by atoms with Crippen LogP contribution < -0.4 is 10.3 Å². The Morgan fingerprint density at radius 1 is 1.05 bits per heavy atom. The number of ether oxygens (including phenoxy) is 1. The Bertz CT molecular complexity index is 1030. The highest BCUT2D eigenvalue weighted by Crippen LogP contribution is 2.26. The molecule has 1 aromatic carbocycles. The molecule has 1 saturated carbocycles. The van der Waals surface area contributed by atoms with Gasteiger partial charge in [-0.15, -0.1) is 0 Å². The highest BCUT2D eigenvalue weighted by molar-refractivity contribution is 7.98. The Kier molecular flexibility index (Phi) is 14.3. The average Bonchev–Trinajstić information content (AvgIpc) is 2.92. The van der Waals surface area contributed by atoms with Gasteiger partial charge in [-0.2, -0.15) is 11.8 Å². The van der Waals surface area contributed by atoms with Crippen molar-refractivity contribution in [3.8, 4) is 5.75 Å². The van der Waals surface area contributed by atoms with Crippen LogP contribution in [0.25, 0.3) is 10.9 Å². The van der Waals surface area contributed by atoms with Gasteiger partial charge >= 0.3 is 0 Å². The molecule has 0 saturated heterocycles. The van der Waals surface area contributed by atoms with E-state index in [9.17, 15) is 9.59 Å². The number of pyridine rings is 1. The summed E-state index contributed by atoms with van der Waals surface area (Å²) in [7, 11) is 0. The van der Waals surface area contributed by atoms with Gasteiger partial charge in [0.2, 0.25) is 11.5 Å². The Morgan fingerprint density at radius 2 is 1.79 bits per heavy atom. The summed E-state index contributed by atoms with van der Waals surface area (Å²) in [6.45, 7) is 8.99. The largest absolute Gasteiger partial charge is 0.494 e. The zero-order chi connectivity index (χ0) is 27.9. The monoisotopic (exact) mass is 557 g/mol. The molecule has 1 atom stereocenters. The lowest BCUT2D eigenvalue weighted by atomic mass is 9.90. The second-order valence-electron chi connectivity index (χ2n) is 11.1. The number of H-pyrrole nitrogens is 1. The number of carbonyl (C=O) groups excluding carboxylic acids is 1. The Balaban J connectivity index is 1.58. The predicted molar refractivity (Wildman–Crippen MR) is 166 cm³/mol. The predicted octanol–water partition coefficient (Wildman–Crippen LogP) is 6.73. The summed E-state index contributed by atoms with van der Waals surface area (Å²) in [6, 6.07) is 9.37. The van der Waals surface area contributed by atoms with Gasteiger partial charge in [0.25, 0.3) is 0 Å². The summed E-state index contributed by atoms with van der Waals surface area (Å²) in [5, 5.41) is 0.955. The number of fused-ring (bicyclic) bond motifs is 1. The van der Waals surface area contributed by atoms with Crippen molar-refractivity contribution in [3.05, 3.63) is 40.7 Å². The van der Waals surface area contributed by atoms with E-state index in [-0.39, 0.29) is 11.6 Å². The molecule has 0 unspecified atom stereocenters. The fourth-order valence-corrected chi connectivity index (χ4v) is 6.28. The van der Waals surface area contributed by atoms with Crippen LogP contribution in [-0.2, 0) is 4.79 Å². The first kappa shape index (κ1) is 31.5. The molecule has 218 valence electrons. The van der Waals surface area contributed by atoms with Crippen LogP contribution in [0.2, 0.25) is 0 Å². The zero-order valence-electron chi connectivity index (χ0n) is 24.6. The summed E-state index contributed by atoms with van der Waals surface area (Å²) >= 11 is 1.89. The maximum absolute atomic E-state index is 13.8. The van der Waals surface area contributed by atoms with Crippen LogP contribution in [0.3, 0.4) is 0 Å². The molecule has 0 radical (unpaired) electrons. The normalized spacial score (nSPS) is 15.7. The first-order valence-electron chi connectivity index (χ1n) is 15.3. The van der Waals surface area contributed by atoms with Gasteiger partial charge in [-0.3, -0.25) is 9.59 Å². The quantitative estimate of drug-likeness (QED) is 0.232. The molecule has 0 aliphatic heterocycles. The molecule has 7 heteroatoms. The van der Waals surface area contributed by atoms with Crippen LogP contribution >= 0.6 is 11.8 Å². The van der Waals surface area contributed by atoms with Crippen LogP contribution in [0.1, 0.15) is 84.5 Å².